The Morgan fingerprint density at radius 2 is 2.05 bits per heavy atom. The van der Waals surface area contributed by atoms with Crippen molar-refractivity contribution in [3.63, 3.8) is 0 Å². The number of carbonyl (C=O) groups is 1. The van der Waals surface area contributed by atoms with E-state index in [9.17, 15) is 9.18 Å². The predicted octanol–water partition coefficient (Wildman–Crippen LogP) is 1.64. The first-order valence-electron chi connectivity index (χ1n) is 6.63. The zero-order valence-electron chi connectivity index (χ0n) is 10.9. The Morgan fingerprint density at radius 1 is 1.37 bits per heavy atom. The third-order valence-electron chi connectivity index (χ3n) is 3.72. The first-order valence-corrected chi connectivity index (χ1v) is 6.63. The van der Waals surface area contributed by atoms with Gasteiger partial charge in [0, 0.05) is 23.8 Å². The van der Waals surface area contributed by atoms with E-state index in [4.69, 9.17) is 11.5 Å². The van der Waals surface area contributed by atoms with E-state index in [2.05, 4.69) is 0 Å². The van der Waals surface area contributed by atoms with Crippen LogP contribution in [0, 0.1) is 5.82 Å². The van der Waals surface area contributed by atoms with Gasteiger partial charge in [0.15, 0.2) is 0 Å². The average molecular weight is 265 g/mol. The maximum absolute atomic E-state index is 13.8. The third-order valence-corrected chi connectivity index (χ3v) is 3.72. The number of carbonyl (C=O) groups excluding carboxylic acids is 1. The number of hydrogen-bond acceptors (Lipinski definition) is 3. The van der Waals surface area contributed by atoms with Crippen LogP contribution in [0.1, 0.15) is 31.2 Å². The summed E-state index contributed by atoms with van der Waals surface area (Å²) in [6, 6.07) is 4.95. The van der Waals surface area contributed by atoms with Gasteiger partial charge in [-0.2, -0.15) is 0 Å². The first-order chi connectivity index (χ1) is 9.08. The van der Waals surface area contributed by atoms with Crippen LogP contribution in [0.3, 0.4) is 0 Å². The number of primary amides is 1. The molecule has 0 bridgehead atoms. The SMILES string of the molecule is NC(=O)CN(Cc1c(N)cccc1F)C1CCCC1. The van der Waals surface area contributed by atoms with Gasteiger partial charge >= 0.3 is 0 Å². The fourth-order valence-electron chi connectivity index (χ4n) is 2.73. The lowest BCUT2D eigenvalue weighted by molar-refractivity contribution is -0.119. The summed E-state index contributed by atoms with van der Waals surface area (Å²) in [5, 5.41) is 0. The van der Waals surface area contributed by atoms with Gasteiger partial charge in [0.1, 0.15) is 5.82 Å². The van der Waals surface area contributed by atoms with Crippen molar-refractivity contribution in [1.82, 2.24) is 4.90 Å². The number of rotatable bonds is 5. The zero-order valence-corrected chi connectivity index (χ0v) is 10.9. The van der Waals surface area contributed by atoms with Gasteiger partial charge in [0.05, 0.1) is 6.54 Å². The zero-order chi connectivity index (χ0) is 13.8. The highest BCUT2D eigenvalue weighted by atomic mass is 19.1. The lowest BCUT2D eigenvalue weighted by Gasteiger charge is -2.28. The molecule has 1 aromatic carbocycles. The number of halogens is 1. The Balaban J connectivity index is 2.17. The summed E-state index contributed by atoms with van der Waals surface area (Å²) in [6.45, 7) is 0.491. The molecule has 2 rings (SSSR count). The molecule has 1 aliphatic rings. The Hall–Kier alpha value is -1.62. The molecule has 0 unspecified atom stereocenters. The van der Waals surface area contributed by atoms with Crippen LogP contribution in [-0.2, 0) is 11.3 Å². The highest BCUT2D eigenvalue weighted by molar-refractivity contribution is 5.76. The second-order valence-electron chi connectivity index (χ2n) is 5.12. The predicted molar refractivity (Wildman–Crippen MR) is 72.7 cm³/mol. The molecule has 1 fully saturated rings. The van der Waals surface area contributed by atoms with Crippen LogP contribution in [0.25, 0.3) is 0 Å². The van der Waals surface area contributed by atoms with E-state index in [-0.39, 0.29) is 18.3 Å². The van der Waals surface area contributed by atoms with Crippen molar-refractivity contribution in [2.45, 2.75) is 38.3 Å². The molecule has 1 amide bonds. The van der Waals surface area contributed by atoms with Crippen molar-refractivity contribution < 1.29 is 9.18 Å². The second-order valence-corrected chi connectivity index (χ2v) is 5.12. The Bertz CT molecular complexity index is 438. The summed E-state index contributed by atoms with van der Waals surface area (Å²) in [5.41, 5.74) is 12.0. The molecule has 4 N–H and O–H groups in total. The van der Waals surface area contributed by atoms with E-state index in [1.807, 2.05) is 4.90 Å². The number of nitrogen functional groups attached to an aromatic ring is 1. The van der Waals surface area contributed by atoms with Crippen LogP contribution in [0.15, 0.2) is 18.2 Å². The maximum Gasteiger partial charge on any atom is 0.231 e. The molecule has 0 radical (unpaired) electrons. The molecule has 0 atom stereocenters. The highest BCUT2D eigenvalue weighted by Crippen LogP contribution is 2.26. The Labute approximate surface area is 112 Å². The molecular formula is C14H20FN3O. The number of anilines is 1. The van der Waals surface area contributed by atoms with Gasteiger partial charge in [-0.25, -0.2) is 4.39 Å². The molecular weight excluding hydrogens is 245 g/mol. The number of amides is 1. The van der Waals surface area contributed by atoms with Gasteiger partial charge in [-0.1, -0.05) is 18.9 Å². The first kappa shape index (κ1) is 13.8. The lowest BCUT2D eigenvalue weighted by Crippen LogP contribution is -2.39. The van der Waals surface area contributed by atoms with Crippen LogP contribution < -0.4 is 11.5 Å². The van der Waals surface area contributed by atoms with Crippen molar-refractivity contribution in [1.29, 1.82) is 0 Å². The Kier molecular flexibility index (Phi) is 4.37. The van der Waals surface area contributed by atoms with Crippen LogP contribution >= 0.6 is 0 Å². The summed E-state index contributed by atoms with van der Waals surface area (Å²) in [5.74, 6) is -0.714. The fraction of sp³-hybridized carbons (Fsp3) is 0.500. The minimum atomic E-state index is -0.387. The monoisotopic (exact) mass is 265 g/mol. The molecule has 1 aromatic rings. The van der Waals surface area contributed by atoms with Gasteiger partial charge in [0.2, 0.25) is 5.91 Å². The third kappa shape index (κ3) is 3.44. The Morgan fingerprint density at radius 3 is 2.63 bits per heavy atom. The van der Waals surface area contributed by atoms with Crippen molar-refractivity contribution >= 4 is 11.6 Å². The summed E-state index contributed by atoms with van der Waals surface area (Å²) < 4.78 is 13.8. The molecule has 0 aromatic heterocycles. The van der Waals surface area contributed by atoms with Crippen LogP contribution in [0.4, 0.5) is 10.1 Å². The van der Waals surface area contributed by atoms with Crippen LogP contribution in [-0.4, -0.2) is 23.4 Å². The lowest BCUT2D eigenvalue weighted by atomic mass is 10.1. The van der Waals surface area contributed by atoms with Gasteiger partial charge < -0.3 is 11.5 Å². The van der Waals surface area contributed by atoms with Crippen LogP contribution in [0.5, 0.6) is 0 Å². The number of nitrogens with two attached hydrogens (primary N) is 2. The molecule has 0 heterocycles. The summed E-state index contributed by atoms with van der Waals surface area (Å²) >= 11 is 0. The van der Waals surface area contributed by atoms with Gasteiger partial charge in [-0.3, -0.25) is 9.69 Å². The van der Waals surface area contributed by atoms with E-state index in [1.165, 1.54) is 6.07 Å². The van der Waals surface area contributed by atoms with E-state index in [0.29, 0.717) is 23.8 Å². The quantitative estimate of drug-likeness (QED) is 0.795. The van der Waals surface area contributed by atoms with Crippen molar-refractivity contribution in [2.75, 3.05) is 12.3 Å². The number of nitrogens with zero attached hydrogens (tertiary/aromatic N) is 1. The molecule has 104 valence electrons. The van der Waals surface area contributed by atoms with E-state index in [0.717, 1.165) is 25.7 Å². The van der Waals surface area contributed by atoms with Crippen LogP contribution in [0.2, 0.25) is 0 Å². The summed E-state index contributed by atoms with van der Waals surface area (Å²) in [7, 11) is 0. The summed E-state index contributed by atoms with van der Waals surface area (Å²) in [4.78, 5) is 13.1. The molecule has 0 spiro atoms. The van der Waals surface area contributed by atoms with Crippen molar-refractivity contribution in [3.8, 4) is 0 Å². The van der Waals surface area contributed by atoms with Crippen molar-refractivity contribution in [2.24, 2.45) is 5.73 Å². The average Bonchev–Trinajstić information content (AvgIpc) is 2.85. The maximum atomic E-state index is 13.8. The molecule has 1 aliphatic carbocycles. The molecule has 5 heteroatoms. The molecule has 4 nitrogen and oxygen atoms in total. The number of hydrogen-bond donors (Lipinski definition) is 2. The minimum Gasteiger partial charge on any atom is -0.398 e. The van der Waals surface area contributed by atoms with E-state index in [1.54, 1.807) is 12.1 Å². The molecule has 1 saturated carbocycles. The van der Waals surface area contributed by atoms with Gasteiger partial charge in [-0.15, -0.1) is 0 Å². The normalized spacial score (nSPS) is 16.1. The largest absolute Gasteiger partial charge is 0.398 e. The second kappa shape index (κ2) is 6.02. The topological polar surface area (TPSA) is 72.4 Å². The standard InChI is InChI=1S/C14H20FN3O/c15-12-6-3-7-13(16)11(12)8-18(9-14(17)19)10-4-1-2-5-10/h3,6-7,10H,1-2,4-5,8-9,16H2,(H2,17,19). The highest BCUT2D eigenvalue weighted by Gasteiger charge is 2.25. The van der Waals surface area contributed by atoms with E-state index >= 15 is 0 Å². The fourth-order valence-corrected chi connectivity index (χ4v) is 2.73. The molecule has 0 aliphatic heterocycles. The summed E-state index contributed by atoms with van der Waals surface area (Å²) in [6.07, 6.45) is 4.35. The van der Waals surface area contributed by atoms with E-state index < -0.39 is 0 Å². The van der Waals surface area contributed by atoms with Gasteiger partial charge in [0.25, 0.3) is 0 Å². The number of benzene rings is 1. The molecule has 0 saturated heterocycles. The minimum absolute atomic E-state index is 0.151. The van der Waals surface area contributed by atoms with Crippen molar-refractivity contribution in [3.05, 3.63) is 29.6 Å². The van der Waals surface area contributed by atoms with Gasteiger partial charge in [-0.05, 0) is 25.0 Å². The molecule has 19 heavy (non-hydrogen) atoms. The smallest absolute Gasteiger partial charge is 0.231 e.